The lowest BCUT2D eigenvalue weighted by atomic mass is 9.43. The molecule has 0 aromatic heterocycles. The van der Waals surface area contributed by atoms with E-state index < -0.39 is 22.2 Å². The summed E-state index contributed by atoms with van der Waals surface area (Å²) in [5, 5.41) is 10.9. The van der Waals surface area contributed by atoms with Crippen LogP contribution in [-0.4, -0.2) is 30.6 Å². The van der Waals surface area contributed by atoms with Crippen LogP contribution in [0.3, 0.4) is 0 Å². The van der Waals surface area contributed by atoms with E-state index in [0.717, 1.165) is 37.5 Å². The monoisotopic (exact) mass is 430 g/mol. The smallest absolute Gasteiger partial charge is 0.315 e. The van der Waals surface area contributed by atoms with Gasteiger partial charge in [-0.2, -0.15) is 0 Å². The van der Waals surface area contributed by atoms with E-state index in [2.05, 4.69) is 33.8 Å². The molecule has 0 radical (unpaired) electrons. The number of carbonyl (C=O) groups is 2. The second kappa shape index (κ2) is 8.32. The van der Waals surface area contributed by atoms with Crippen LogP contribution in [0.2, 0.25) is 0 Å². The zero-order chi connectivity index (χ0) is 22.4. The molecular formula is C27H42O4. The first-order chi connectivity index (χ1) is 14.8. The number of hydrogen-bond donors (Lipinski definition) is 1. The zero-order valence-electron chi connectivity index (χ0n) is 20.0. The first-order valence-corrected chi connectivity index (χ1v) is 12.8. The molecule has 0 saturated heterocycles. The van der Waals surface area contributed by atoms with Crippen molar-refractivity contribution in [2.24, 2.45) is 45.8 Å². The van der Waals surface area contributed by atoms with Crippen LogP contribution in [0.4, 0.5) is 0 Å². The van der Waals surface area contributed by atoms with Crippen molar-refractivity contribution >= 4 is 12.3 Å². The summed E-state index contributed by atoms with van der Waals surface area (Å²) in [7, 11) is 0. The Balaban J connectivity index is 1.69. The third-order valence-corrected chi connectivity index (χ3v) is 9.87. The Morgan fingerprint density at radius 3 is 2.61 bits per heavy atom. The molecule has 0 aromatic carbocycles. The minimum Gasteiger partial charge on any atom is -0.481 e. The van der Waals surface area contributed by atoms with E-state index >= 15 is 0 Å². The van der Waals surface area contributed by atoms with Crippen molar-refractivity contribution in [1.29, 1.82) is 0 Å². The largest absolute Gasteiger partial charge is 0.481 e. The highest BCUT2D eigenvalue weighted by atomic mass is 16.5. The molecule has 31 heavy (non-hydrogen) atoms. The molecule has 4 heteroatoms. The maximum atomic E-state index is 13.3. The van der Waals surface area contributed by atoms with Crippen LogP contribution in [0.25, 0.3) is 0 Å². The summed E-state index contributed by atoms with van der Waals surface area (Å²) >= 11 is 0. The van der Waals surface area contributed by atoms with E-state index in [4.69, 9.17) is 4.74 Å². The summed E-state index contributed by atoms with van der Waals surface area (Å²) in [4.78, 5) is 26.2. The highest BCUT2D eigenvalue weighted by Gasteiger charge is 2.84. The Bertz CT molecular complexity index is 742. The summed E-state index contributed by atoms with van der Waals surface area (Å²) < 4.78 is 6.32. The molecule has 7 atom stereocenters. The minimum absolute atomic E-state index is 0.129. The molecule has 3 fully saturated rings. The van der Waals surface area contributed by atoms with Gasteiger partial charge in [0.15, 0.2) is 0 Å². The fourth-order valence-electron chi connectivity index (χ4n) is 8.70. The van der Waals surface area contributed by atoms with Gasteiger partial charge < -0.3 is 14.6 Å². The molecule has 4 aliphatic rings. The molecule has 1 N–H and O–H groups in total. The van der Waals surface area contributed by atoms with Gasteiger partial charge in [0.1, 0.15) is 11.7 Å². The summed E-state index contributed by atoms with van der Waals surface area (Å²) in [6, 6.07) is 0. The van der Waals surface area contributed by atoms with E-state index in [1.54, 1.807) is 0 Å². The molecule has 4 unspecified atom stereocenters. The van der Waals surface area contributed by atoms with E-state index in [0.29, 0.717) is 31.5 Å². The van der Waals surface area contributed by atoms with Gasteiger partial charge in [-0.05, 0) is 55.3 Å². The number of carboxylic acids is 1. The van der Waals surface area contributed by atoms with Crippen molar-refractivity contribution in [2.45, 2.75) is 85.5 Å². The Hall–Kier alpha value is -1.16. The molecule has 4 rings (SSSR count). The molecule has 4 bridgehead atoms. The molecule has 0 aliphatic heterocycles. The Morgan fingerprint density at radius 2 is 1.97 bits per heavy atom. The van der Waals surface area contributed by atoms with Crippen LogP contribution in [0, 0.1) is 45.8 Å². The van der Waals surface area contributed by atoms with Crippen molar-refractivity contribution in [3.8, 4) is 0 Å². The van der Waals surface area contributed by atoms with Gasteiger partial charge in [0.2, 0.25) is 0 Å². The Kier molecular flexibility index (Phi) is 6.17. The minimum atomic E-state index is -1.09. The van der Waals surface area contributed by atoms with Gasteiger partial charge in [0, 0.05) is 12.0 Å². The maximum Gasteiger partial charge on any atom is 0.315 e. The van der Waals surface area contributed by atoms with Gasteiger partial charge in [-0.3, -0.25) is 4.79 Å². The number of aliphatic carboxylic acids is 1. The SMILES string of the molecule is CCCCCCCOC[C@]12CC3C(C)CCC3[C@@]3(C=O)CC1C=C(C(C)C)[C@@]23C(=O)O. The number of aldehydes is 1. The Morgan fingerprint density at radius 1 is 1.23 bits per heavy atom. The normalized spacial score (nSPS) is 42.7. The van der Waals surface area contributed by atoms with Gasteiger partial charge >= 0.3 is 5.97 Å². The molecule has 0 amide bonds. The van der Waals surface area contributed by atoms with Crippen LogP contribution < -0.4 is 0 Å². The van der Waals surface area contributed by atoms with Crippen molar-refractivity contribution in [1.82, 2.24) is 0 Å². The first-order valence-electron chi connectivity index (χ1n) is 12.8. The maximum absolute atomic E-state index is 13.3. The highest BCUT2D eigenvalue weighted by Crippen LogP contribution is 2.82. The fraction of sp³-hybridized carbons (Fsp3) is 0.852. The predicted molar refractivity (Wildman–Crippen MR) is 122 cm³/mol. The van der Waals surface area contributed by atoms with Crippen LogP contribution in [0.1, 0.15) is 85.5 Å². The van der Waals surface area contributed by atoms with E-state index in [1.807, 2.05) is 0 Å². The number of hydrogen-bond acceptors (Lipinski definition) is 3. The van der Waals surface area contributed by atoms with E-state index in [1.165, 1.54) is 25.7 Å². The second-order valence-electron chi connectivity index (χ2n) is 11.5. The summed E-state index contributed by atoms with van der Waals surface area (Å²) in [6.45, 7) is 9.90. The Labute approximate surface area is 188 Å². The molecule has 0 aromatic rings. The van der Waals surface area contributed by atoms with Gasteiger partial charge in [0.25, 0.3) is 0 Å². The van der Waals surface area contributed by atoms with Gasteiger partial charge in [-0.15, -0.1) is 0 Å². The van der Waals surface area contributed by atoms with Crippen LogP contribution in [0.5, 0.6) is 0 Å². The summed E-state index contributed by atoms with van der Waals surface area (Å²) in [5.74, 6) is 0.697. The third-order valence-electron chi connectivity index (χ3n) is 9.87. The average Bonchev–Trinajstić information content (AvgIpc) is 3.30. The molecule has 0 spiro atoms. The number of allylic oxidation sites excluding steroid dienone is 1. The van der Waals surface area contributed by atoms with Crippen molar-refractivity contribution in [3.63, 3.8) is 0 Å². The number of carbonyl (C=O) groups excluding carboxylic acids is 1. The molecule has 4 nitrogen and oxygen atoms in total. The quantitative estimate of drug-likeness (QED) is 0.252. The van der Waals surface area contributed by atoms with Crippen LogP contribution in [0.15, 0.2) is 11.6 Å². The van der Waals surface area contributed by atoms with E-state index in [9.17, 15) is 14.7 Å². The van der Waals surface area contributed by atoms with Gasteiger partial charge in [-0.1, -0.05) is 71.4 Å². The lowest BCUT2D eigenvalue weighted by Crippen LogP contribution is -2.63. The standard InChI is InChI=1S/C27H42O4/c1-5-6-7-8-9-12-31-17-26-15-21-19(4)10-11-22(21)25(16-28)14-20(26)13-23(18(2)3)27(25,26)24(29)30/h13,16,18-22H,5-12,14-15,17H2,1-4H3,(H,29,30)/t19?,20?,21?,22?,25-,26+,27-/m0/s1. The highest BCUT2D eigenvalue weighted by molar-refractivity contribution is 5.90. The summed E-state index contributed by atoms with van der Waals surface area (Å²) in [6.07, 6.45) is 13.0. The van der Waals surface area contributed by atoms with Crippen molar-refractivity contribution in [3.05, 3.63) is 11.6 Å². The molecule has 0 heterocycles. The number of ether oxygens (including phenoxy) is 1. The topological polar surface area (TPSA) is 63.6 Å². The number of rotatable bonds is 11. The number of fused-ring (bicyclic) bond motifs is 2. The lowest BCUT2D eigenvalue weighted by Gasteiger charge is -2.58. The molecule has 174 valence electrons. The zero-order valence-corrected chi connectivity index (χ0v) is 20.0. The summed E-state index contributed by atoms with van der Waals surface area (Å²) in [5.41, 5.74) is -1.32. The van der Waals surface area contributed by atoms with Crippen LogP contribution in [-0.2, 0) is 14.3 Å². The predicted octanol–water partition coefficient (Wildman–Crippen LogP) is 5.90. The van der Waals surface area contributed by atoms with Crippen molar-refractivity contribution in [2.75, 3.05) is 13.2 Å². The second-order valence-corrected chi connectivity index (χ2v) is 11.5. The van der Waals surface area contributed by atoms with Gasteiger partial charge in [0.05, 0.1) is 12.0 Å². The third kappa shape index (κ3) is 2.89. The van der Waals surface area contributed by atoms with E-state index in [-0.39, 0.29) is 17.8 Å². The number of carboxylic acid groups (broad SMARTS) is 1. The molecule has 4 aliphatic carbocycles. The molecule has 3 saturated carbocycles. The van der Waals surface area contributed by atoms with Crippen LogP contribution >= 0.6 is 0 Å². The molecular weight excluding hydrogens is 388 g/mol. The number of unbranched alkanes of at least 4 members (excludes halogenated alkanes) is 4. The fourth-order valence-corrected chi connectivity index (χ4v) is 8.70. The average molecular weight is 431 g/mol. The van der Waals surface area contributed by atoms with Gasteiger partial charge in [-0.25, -0.2) is 0 Å². The lowest BCUT2D eigenvalue weighted by molar-refractivity contribution is -0.186. The first kappa shape index (κ1) is 23.0. The van der Waals surface area contributed by atoms with Crippen molar-refractivity contribution < 1.29 is 19.4 Å².